The standard InChI is InChI=1S/C21H30O6/c1-7-11(2)18(23)26-15-9-8-12(3)20(5)14(15)10-21(25-6)16(17(20)22)13(4)19(24)27-21/h7,12,14-15,17,22H,8-10H2,1-6H3/b11-7-/t12-,14-,15+,17+,20+,21-/m0/s1. The Labute approximate surface area is 160 Å². The summed E-state index contributed by atoms with van der Waals surface area (Å²) in [6, 6.07) is 0. The Hall–Kier alpha value is -1.66. The van der Waals surface area contributed by atoms with E-state index in [0.29, 0.717) is 29.6 Å². The van der Waals surface area contributed by atoms with Crippen LogP contribution in [0.2, 0.25) is 0 Å². The molecule has 1 N–H and O–H groups in total. The van der Waals surface area contributed by atoms with Crippen molar-refractivity contribution in [3.63, 3.8) is 0 Å². The highest BCUT2D eigenvalue weighted by Gasteiger charge is 2.65. The molecular weight excluding hydrogens is 348 g/mol. The van der Waals surface area contributed by atoms with Crippen LogP contribution in [0.4, 0.5) is 0 Å². The lowest BCUT2D eigenvalue weighted by Crippen LogP contribution is -2.62. The van der Waals surface area contributed by atoms with Crippen LogP contribution in [0.1, 0.15) is 53.9 Å². The van der Waals surface area contributed by atoms with Gasteiger partial charge in [-0.25, -0.2) is 9.59 Å². The van der Waals surface area contributed by atoms with Gasteiger partial charge in [0.25, 0.3) is 0 Å². The van der Waals surface area contributed by atoms with Gasteiger partial charge in [0.1, 0.15) is 6.10 Å². The van der Waals surface area contributed by atoms with Gasteiger partial charge in [-0.05, 0) is 39.5 Å². The molecule has 2 fully saturated rings. The van der Waals surface area contributed by atoms with E-state index in [4.69, 9.17) is 14.2 Å². The van der Waals surface area contributed by atoms with Gasteiger partial charge in [-0.1, -0.05) is 19.9 Å². The Morgan fingerprint density at radius 1 is 1.37 bits per heavy atom. The molecule has 0 aromatic heterocycles. The smallest absolute Gasteiger partial charge is 0.336 e. The molecule has 6 nitrogen and oxygen atoms in total. The Morgan fingerprint density at radius 2 is 2.04 bits per heavy atom. The molecule has 0 amide bonds. The minimum atomic E-state index is -1.28. The summed E-state index contributed by atoms with van der Waals surface area (Å²) in [4.78, 5) is 24.7. The minimum absolute atomic E-state index is 0.188. The van der Waals surface area contributed by atoms with Gasteiger partial charge in [0, 0.05) is 41.6 Å². The van der Waals surface area contributed by atoms with Crippen molar-refractivity contribution in [2.75, 3.05) is 7.11 Å². The highest BCUT2D eigenvalue weighted by Crippen LogP contribution is 2.60. The largest absolute Gasteiger partial charge is 0.459 e. The zero-order valence-electron chi connectivity index (χ0n) is 17.0. The number of esters is 2. The molecule has 0 radical (unpaired) electrons. The van der Waals surface area contributed by atoms with E-state index >= 15 is 0 Å². The summed E-state index contributed by atoms with van der Waals surface area (Å²) in [6.45, 7) is 9.33. The van der Waals surface area contributed by atoms with Gasteiger partial charge in [0.05, 0.1) is 6.10 Å². The van der Waals surface area contributed by atoms with Gasteiger partial charge in [-0.15, -0.1) is 0 Å². The molecule has 150 valence electrons. The van der Waals surface area contributed by atoms with Crippen molar-refractivity contribution >= 4 is 11.9 Å². The third-order valence-electron chi connectivity index (χ3n) is 7.27. The highest BCUT2D eigenvalue weighted by molar-refractivity contribution is 5.92. The fraction of sp³-hybridized carbons (Fsp3) is 0.714. The average Bonchev–Trinajstić information content (AvgIpc) is 2.90. The zero-order chi connectivity index (χ0) is 20.1. The second-order valence-corrected chi connectivity index (χ2v) is 8.36. The summed E-state index contributed by atoms with van der Waals surface area (Å²) < 4.78 is 17.1. The molecule has 2 saturated carbocycles. The molecule has 3 aliphatic rings. The van der Waals surface area contributed by atoms with E-state index in [1.165, 1.54) is 7.11 Å². The van der Waals surface area contributed by atoms with Crippen LogP contribution >= 0.6 is 0 Å². The Bertz CT molecular complexity index is 722. The van der Waals surface area contributed by atoms with Gasteiger partial charge < -0.3 is 19.3 Å². The maximum Gasteiger partial charge on any atom is 0.336 e. The first kappa shape index (κ1) is 20.1. The molecule has 1 aliphatic heterocycles. The van der Waals surface area contributed by atoms with Crippen LogP contribution in [0.15, 0.2) is 22.8 Å². The van der Waals surface area contributed by atoms with E-state index in [2.05, 4.69) is 6.92 Å². The Morgan fingerprint density at radius 3 is 2.63 bits per heavy atom. The maximum absolute atomic E-state index is 12.4. The van der Waals surface area contributed by atoms with Crippen molar-refractivity contribution in [2.45, 2.75) is 71.9 Å². The molecule has 2 aliphatic carbocycles. The van der Waals surface area contributed by atoms with Crippen LogP contribution in [0.3, 0.4) is 0 Å². The lowest BCUT2D eigenvalue weighted by atomic mass is 9.51. The van der Waals surface area contributed by atoms with Gasteiger partial charge >= 0.3 is 11.9 Å². The van der Waals surface area contributed by atoms with Crippen molar-refractivity contribution in [3.05, 3.63) is 22.8 Å². The van der Waals surface area contributed by atoms with Crippen molar-refractivity contribution in [3.8, 4) is 0 Å². The predicted octanol–water partition coefficient (Wildman–Crippen LogP) is 2.90. The number of carbonyl (C=O) groups excluding carboxylic acids is 2. The second-order valence-electron chi connectivity index (χ2n) is 8.36. The van der Waals surface area contributed by atoms with E-state index in [1.807, 2.05) is 6.92 Å². The van der Waals surface area contributed by atoms with Crippen molar-refractivity contribution in [1.82, 2.24) is 0 Å². The predicted molar refractivity (Wildman–Crippen MR) is 98.5 cm³/mol. The van der Waals surface area contributed by atoms with E-state index in [0.717, 1.165) is 6.42 Å². The van der Waals surface area contributed by atoms with Crippen LogP contribution < -0.4 is 0 Å². The third-order valence-corrected chi connectivity index (χ3v) is 7.27. The molecule has 0 saturated heterocycles. The first-order chi connectivity index (χ1) is 12.6. The zero-order valence-corrected chi connectivity index (χ0v) is 17.0. The monoisotopic (exact) mass is 378 g/mol. The average molecular weight is 378 g/mol. The molecule has 3 rings (SSSR count). The summed E-state index contributed by atoms with van der Waals surface area (Å²) in [6.07, 6.45) is 2.37. The molecule has 0 spiro atoms. The van der Waals surface area contributed by atoms with Crippen LogP contribution in [-0.4, -0.2) is 42.1 Å². The number of fused-ring (bicyclic) bond motifs is 2. The second kappa shape index (κ2) is 6.74. The Balaban J connectivity index is 2.03. The molecule has 6 heteroatoms. The Kier molecular flexibility index (Phi) is 5.02. The number of allylic oxidation sites excluding steroid dienone is 1. The van der Waals surface area contributed by atoms with Crippen LogP contribution in [0, 0.1) is 17.3 Å². The third kappa shape index (κ3) is 2.76. The molecule has 0 aromatic rings. The fourth-order valence-corrected chi connectivity index (χ4v) is 5.08. The first-order valence-electron chi connectivity index (χ1n) is 9.64. The minimum Gasteiger partial charge on any atom is -0.459 e. The lowest BCUT2D eigenvalue weighted by molar-refractivity contribution is -0.247. The maximum atomic E-state index is 12.4. The molecule has 27 heavy (non-hydrogen) atoms. The number of rotatable bonds is 3. The summed E-state index contributed by atoms with van der Waals surface area (Å²) in [5, 5.41) is 11.4. The fourth-order valence-electron chi connectivity index (χ4n) is 5.08. The van der Waals surface area contributed by atoms with E-state index in [9.17, 15) is 14.7 Å². The molecule has 0 unspecified atom stereocenters. The molecule has 0 bridgehead atoms. The summed E-state index contributed by atoms with van der Waals surface area (Å²) >= 11 is 0. The topological polar surface area (TPSA) is 82.1 Å². The SMILES string of the molecule is C/C=C(/C)C(=O)O[C@@H]1CC[C@H](C)[C@@]2(C)[C@H](O)C3=C(C)C(=O)O[C@@]3(OC)C[C@@H]12. The van der Waals surface area contributed by atoms with E-state index < -0.39 is 23.3 Å². The number of methoxy groups -OCH3 is 1. The van der Waals surface area contributed by atoms with Gasteiger partial charge in [-0.3, -0.25) is 0 Å². The number of hydrogen-bond acceptors (Lipinski definition) is 6. The number of aliphatic hydroxyl groups is 1. The molecule has 0 aromatic carbocycles. The first-order valence-corrected chi connectivity index (χ1v) is 9.64. The summed E-state index contributed by atoms with van der Waals surface area (Å²) in [5.74, 6) is -2.07. The summed E-state index contributed by atoms with van der Waals surface area (Å²) in [5.41, 5.74) is 0.953. The number of hydrogen-bond donors (Lipinski definition) is 1. The quantitative estimate of drug-likeness (QED) is 0.601. The molecular formula is C21H30O6. The van der Waals surface area contributed by atoms with Gasteiger partial charge in [-0.2, -0.15) is 0 Å². The summed E-state index contributed by atoms with van der Waals surface area (Å²) in [7, 11) is 1.48. The number of aliphatic hydroxyl groups excluding tert-OH is 1. The van der Waals surface area contributed by atoms with Crippen LogP contribution in [0.25, 0.3) is 0 Å². The highest BCUT2D eigenvalue weighted by atomic mass is 16.7. The van der Waals surface area contributed by atoms with Crippen molar-refractivity contribution < 1.29 is 28.9 Å². The normalized spacial score (nSPS) is 41.7. The molecule has 1 heterocycles. The van der Waals surface area contributed by atoms with Gasteiger partial charge in [0.15, 0.2) is 0 Å². The van der Waals surface area contributed by atoms with Crippen LogP contribution in [0.5, 0.6) is 0 Å². The van der Waals surface area contributed by atoms with Gasteiger partial charge in [0.2, 0.25) is 5.79 Å². The van der Waals surface area contributed by atoms with E-state index in [-0.39, 0.29) is 23.9 Å². The lowest BCUT2D eigenvalue weighted by Gasteiger charge is -2.58. The number of ether oxygens (including phenoxy) is 3. The number of carbonyl (C=O) groups is 2. The van der Waals surface area contributed by atoms with Crippen molar-refractivity contribution in [1.29, 1.82) is 0 Å². The van der Waals surface area contributed by atoms with Crippen LogP contribution in [-0.2, 0) is 23.8 Å². The molecule has 6 atom stereocenters. The van der Waals surface area contributed by atoms with E-state index in [1.54, 1.807) is 26.8 Å². The van der Waals surface area contributed by atoms with Crippen molar-refractivity contribution in [2.24, 2.45) is 17.3 Å².